The van der Waals surface area contributed by atoms with Crippen LogP contribution in [0.1, 0.15) is 26.7 Å². The molecule has 1 aliphatic carbocycles. The zero-order valence-electron chi connectivity index (χ0n) is 10.6. The van der Waals surface area contributed by atoms with Crippen LogP contribution in [0.4, 0.5) is 0 Å². The summed E-state index contributed by atoms with van der Waals surface area (Å²) in [6.07, 6.45) is 1.40. The molecule has 1 unspecified atom stereocenters. The Morgan fingerprint density at radius 1 is 1.62 bits per heavy atom. The van der Waals surface area contributed by atoms with Crippen molar-refractivity contribution in [1.29, 1.82) is 5.26 Å². The highest BCUT2D eigenvalue weighted by molar-refractivity contribution is 5.86. The molecule has 0 saturated heterocycles. The van der Waals surface area contributed by atoms with Crippen LogP contribution in [0.2, 0.25) is 0 Å². The molecule has 1 rings (SSSR count). The minimum Gasteiger partial charge on any atom is -0.351 e. The van der Waals surface area contributed by atoms with Crippen LogP contribution in [0.5, 0.6) is 0 Å². The third kappa shape index (κ3) is 2.73. The number of carbonyl (C=O) groups is 1. The zero-order valence-corrected chi connectivity index (χ0v) is 10.6. The summed E-state index contributed by atoms with van der Waals surface area (Å²) in [6.45, 7) is 4.83. The molecule has 4 nitrogen and oxygen atoms in total. The molecule has 16 heavy (non-hydrogen) atoms. The summed E-state index contributed by atoms with van der Waals surface area (Å²) in [7, 11) is 3.93. The summed E-state index contributed by atoms with van der Waals surface area (Å²) in [6, 6.07) is 2.26. The van der Waals surface area contributed by atoms with Crippen molar-refractivity contribution < 1.29 is 4.79 Å². The molecule has 1 amide bonds. The van der Waals surface area contributed by atoms with Gasteiger partial charge in [0.1, 0.15) is 5.41 Å². The number of likely N-dealkylation sites (N-methyl/N-ethyl adjacent to an activating group) is 1. The SMILES string of the molecule is CC1CC(C#N)(C(=O)NC(C)CN(C)C)C1. The van der Waals surface area contributed by atoms with Gasteiger partial charge in [-0.15, -0.1) is 0 Å². The van der Waals surface area contributed by atoms with Crippen molar-refractivity contribution >= 4 is 5.91 Å². The first-order chi connectivity index (χ1) is 7.39. The first-order valence-electron chi connectivity index (χ1n) is 5.76. The summed E-state index contributed by atoms with van der Waals surface area (Å²) in [4.78, 5) is 14.0. The maximum absolute atomic E-state index is 12.0. The molecule has 1 atom stereocenters. The quantitative estimate of drug-likeness (QED) is 0.773. The van der Waals surface area contributed by atoms with Gasteiger partial charge in [-0.2, -0.15) is 5.26 Å². The van der Waals surface area contributed by atoms with Crippen LogP contribution in [0, 0.1) is 22.7 Å². The topological polar surface area (TPSA) is 56.1 Å². The second-order valence-electron chi connectivity index (χ2n) is 5.34. The van der Waals surface area contributed by atoms with Crippen molar-refractivity contribution in [3.8, 4) is 6.07 Å². The largest absolute Gasteiger partial charge is 0.351 e. The van der Waals surface area contributed by atoms with Crippen molar-refractivity contribution in [2.75, 3.05) is 20.6 Å². The summed E-state index contributed by atoms with van der Waals surface area (Å²) >= 11 is 0. The fourth-order valence-corrected chi connectivity index (χ4v) is 2.41. The lowest BCUT2D eigenvalue weighted by molar-refractivity contribution is -0.134. The fourth-order valence-electron chi connectivity index (χ4n) is 2.41. The van der Waals surface area contributed by atoms with Gasteiger partial charge in [0, 0.05) is 12.6 Å². The number of nitriles is 1. The molecule has 1 N–H and O–H groups in total. The molecule has 1 saturated carbocycles. The molecule has 0 heterocycles. The highest BCUT2D eigenvalue weighted by Crippen LogP contribution is 2.45. The highest BCUT2D eigenvalue weighted by atomic mass is 16.2. The Kier molecular flexibility index (Phi) is 3.93. The standard InChI is InChI=1S/C12H21N3O/c1-9-5-12(6-9,8-13)11(16)14-10(2)7-15(3)4/h9-10H,5-7H2,1-4H3,(H,14,16). The van der Waals surface area contributed by atoms with Crippen molar-refractivity contribution in [3.05, 3.63) is 0 Å². The first-order valence-corrected chi connectivity index (χ1v) is 5.76. The highest BCUT2D eigenvalue weighted by Gasteiger charge is 2.49. The predicted octanol–water partition coefficient (Wildman–Crippen LogP) is 0.993. The van der Waals surface area contributed by atoms with E-state index in [-0.39, 0.29) is 11.9 Å². The molecule has 0 aromatic rings. The number of amides is 1. The van der Waals surface area contributed by atoms with Crippen LogP contribution >= 0.6 is 0 Å². The van der Waals surface area contributed by atoms with Crippen LogP contribution < -0.4 is 5.32 Å². The Morgan fingerprint density at radius 3 is 2.56 bits per heavy atom. The predicted molar refractivity (Wildman–Crippen MR) is 62.6 cm³/mol. The van der Waals surface area contributed by atoms with Gasteiger partial charge in [0.15, 0.2) is 0 Å². The van der Waals surface area contributed by atoms with Crippen molar-refractivity contribution in [2.45, 2.75) is 32.7 Å². The molecule has 1 fully saturated rings. The van der Waals surface area contributed by atoms with Crippen LogP contribution in [0.3, 0.4) is 0 Å². The number of nitrogens with zero attached hydrogens (tertiary/aromatic N) is 2. The van der Waals surface area contributed by atoms with Gasteiger partial charge in [-0.1, -0.05) is 6.92 Å². The van der Waals surface area contributed by atoms with E-state index in [1.807, 2.05) is 25.9 Å². The van der Waals surface area contributed by atoms with E-state index in [2.05, 4.69) is 18.3 Å². The Hall–Kier alpha value is -1.08. The van der Waals surface area contributed by atoms with Gasteiger partial charge >= 0.3 is 0 Å². The average Bonchev–Trinajstić information content (AvgIpc) is 2.10. The normalized spacial score (nSPS) is 30.4. The van der Waals surface area contributed by atoms with Gasteiger partial charge < -0.3 is 10.2 Å². The Morgan fingerprint density at radius 2 is 2.19 bits per heavy atom. The third-order valence-electron chi connectivity index (χ3n) is 3.06. The van der Waals surface area contributed by atoms with E-state index < -0.39 is 5.41 Å². The lowest BCUT2D eigenvalue weighted by Gasteiger charge is -2.40. The van der Waals surface area contributed by atoms with Crippen LogP contribution in [-0.4, -0.2) is 37.5 Å². The van der Waals surface area contributed by atoms with E-state index in [0.717, 1.165) is 6.54 Å². The maximum Gasteiger partial charge on any atom is 0.240 e. The Bertz CT molecular complexity index is 300. The monoisotopic (exact) mass is 223 g/mol. The summed E-state index contributed by atoms with van der Waals surface area (Å²) < 4.78 is 0. The number of carbonyl (C=O) groups excluding carboxylic acids is 1. The molecule has 0 aromatic carbocycles. The van der Waals surface area contributed by atoms with E-state index in [1.165, 1.54) is 0 Å². The molecule has 0 aromatic heterocycles. The zero-order chi connectivity index (χ0) is 12.3. The first kappa shape index (κ1) is 13.0. The fraction of sp³-hybridized carbons (Fsp3) is 0.833. The molecule has 4 heteroatoms. The average molecular weight is 223 g/mol. The molecule has 90 valence electrons. The Balaban J connectivity index is 2.49. The minimum absolute atomic E-state index is 0.0867. The second-order valence-corrected chi connectivity index (χ2v) is 5.34. The lowest BCUT2D eigenvalue weighted by Crippen LogP contribution is -2.52. The Labute approximate surface area is 97.6 Å². The van der Waals surface area contributed by atoms with E-state index >= 15 is 0 Å². The van der Waals surface area contributed by atoms with Gasteiger partial charge in [0.05, 0.1) is 6.07 Å². The molecular weight excluding hydrogens is 202 g/mol. The van der Waals surface area contributed by atoms with Gasteiger partial charge in [-0.05, 0) is 39.8 Å². The smallest absolute Gasteiger partial charge is 0.240 e. The van der Waals surface area contributed by atoms with Crippen LogP contribution in [0.25, 0.3) is 0 Å². The summed E-state index contributed by atoms with van der Waals surface area (Å²) in [5.41, 5.74) is -0.750. The van der Waals surface area contributed by atoms with E-state index in [4.69, 9.17) is 5.26 Å². The number of nitrogens with one attached hydrogen (secondary N) is 1. The molecular formula is C12H21N3O. The van der Waals surface area contributed by atoms with E-state index in [9.17, 15) is 4.79 Å². The van der Waals surface area contributed by atoms with E-state index in [1.54, 1.807) is 0 Å². The van der Waals surface area contributed by atoms with Gasteiger partial charge in [-0.25, -0.2) is 0 Å². The van der Waals surface area contributed by atoms with Crippen LogP contribution in [0.15, 0.2) is 0 Å². The van der Waals surface area contributed by atoms with Crippen molar-refractivity contribution in [1.82, 2.24) is 10.2 Å². The number of rotatable bonds is 4. The molecule has 0 aliphatic heterocycles. The van der Waals surface area contributed by atoms with E-state index in [0.29, 0.717) is 18.8 Å². The summed E-state index contributed by atoms with van der Waals surface area (Å²) in [5.74, 6) is 0.400. The van der Waals surface area contributed by atoms with Crippen LogP contribution in [-0.2, 0) is 4.79 Å². The van der Waals surface area contributed by atoms with Crippen molar-refractivity contribution in [3.63, 3.8) is 0 Å². The maximum atomic E-state index is 12.0. The minimum atomic E-state index is -0.750. The lowest BCUT2D eigenvalue weighted by atomic mass is 9.63. The summed E-state index contributed by atoms with van der Waals surface area (Å²) in [5, 5.41) is 12.0. The number of hydrogen-bond acceptors (Lipinski definition) is 3. The van der Waals surface area contributed by atoms with Gasteiger partial charge in [0.2, 0.25) is 5.91 Å². The number of hydrogen-bond donors (Lipinski definition) is 1. The molecule has 1 aliphatic rings. The molecule has 0 spiro atoms. The van der Waals surface area contributed by atoms with Crippen molar-refractivity contribution in [2.24, 2.45) is 11.3 Å². The third-order valence-corrected chi connectivity index (χ3v) is 3.06. The molecule has 0 radical (unpaired) electrons. The van der Waals surface area contributed by atoms with Gasteiger partial charge in [-0.3, -0.25) is 4.79 Å². The second kappa shape index (κ2) is 4.84. The molecule has 0 bridgehead atoms. The van der Waals surface area contributed by atoms with Gasteiger partial charge in [0.25, 0.3) is 0 Å².